The molecule has 2 heteroatoms. The van der Waals surface area contributed by atoms with Crippen LogP contribution in [0.1, 0.15) is 45.4 Å². The molecule has 0 amide bonds. The summed E-state index contributed by atoms with van der Waals surface area (Å²) in [5.74, 6) is 0. The van der Waals surface area contributed by atoms with Crippen LogP contribution in [0.2, 0.25) is 0 Å². The summed E-state index contributed by atoms with van der Waals surface area (Å²) in [5, 5.41) is 0. The van der Waals surface area contributed by atoms with E-state index in [4.69, 9.17) is 0 Å². The van der Waals surface area contributed by atoms with E-state index in [9.17, 15) is 4.79 Å². The topological polar surface area (TPSA) is 20.3 Å². The largest absolute Gasteiger partial charge is 0.306 e. The van der Waals surface area contributed by atoms with Crippen LogP contribution in [0.15, 0.2) is 0 Å². The van der Waals surface area contributed by atoms with Gasteiger partial charge in [0.25, 0.3) is 0 Å². The van der Waals surface area contributed by atoms with E-state index in [-0.39, 0.29) is 0 Å². The second-order valence-electron chi connectivity index (χ2n) is 3.67. The Morgan fingerprint density at radius 2 is 1.77 bits per heavy atom. The molecule has 0 heterocycles. The lowest BCUT2D eigenvalue weighted by Gasteiger charge is -2.14. The zero-order valence-corrected chi connectivity index (χ0v) is 9.09. The molecule has 0 aromatic carbocycles. The van der Waals surface area contributed by atoms with Gasteiger partial charge in [0.15, 0.2) is 0 Å². The van der Waals surface area contributed by atoms with Crippen molar-refractivity contribution in [2.24, 2.45) is 0 Å². The smallest absolute Gasteiger partial charge is 0.119 e. The second kappa shape index (κ2) is 9.72. The minimum absolute atomic E-state index is 0.741. The predicted octanol–water partition coefficient (Wildman–Crippen LogP) is 2.48. The Morgan fingerprint density at radius 3 is 2.38 bits per heavy atom. The third kappa shape index (κ3) is 9.54. The molecule has 0 aliphatic carbocycles. The molecule has 0 unspecified atom stereocenters. The predicted molar refractivity (Wildman–Crippen MR) is 56.9 cm³/mol. The summed E-state index contributed by atoms with van der Waals surface area (Å²) in [4.78, 5) is 12.4. The zero-order chi connectivity index (χ0) is 9.94. The van der Waals surface area contributed by atoms with Crippen LogP contribution in [0.5, 0.6) is 0 Å². The van der Waals surface area contributed by atoms with E-state index >= 15 is 0 Å². The van der Waals surface area contributed by atoms with Gasteiger partial charge in [-0.1, -0.05) is 19.8 Å². The van der Waals surface area contributed by atoms with Gasteiger partial charge in [-0.05, 0) is 39.4 Å². The summed E-state index contributed by atoms with van der Waals surface area (Å²) in [6, 6.07) is 0. The van der Waals surface area contributed by atoms with Crippen molar-refractivity contribution in [3.05, 3.63) is 0 Å². The molecule has 0 saturated carbocycles. The lowest BCUT2D eigenvalue weighted by Crippen LogP contribution is -2.20. The molecule has 0 aliphatic heterocycles. The Labute approximate surface area is 82.3 Å². The third-order valence-corrected chi connectivity index (χ3v) is 2.22. The number of carbonyl (C=O) groups excluding carboxylic acids is 1. The van der Waals surface area contributed by atoms with E-state index < -0.39 is 0 Å². The van der Waals surface area contributed by atoms with E-state index in [1.165, 1.54) is 38.8 Å². The number of nitrogens with zero attached hydrogens (tertiary/aromatic N) is 1. The Bertz CT molecular complexity index is 115. The number of hydrogen-bond donors (Lipinski definition) is 0. The van der Waals surface area contributed by atoms with Crippen molar-refractivity contribution >= 4 is 6.29 Å². The summed E-state index contributed by atoms with van der Waals surface area (Å²) in [6.07, 6.45) is 7.81. The first kappa shape index (κ1) is 12.6. The fourth-order valence-electron chi connectivity index (χ4n) is 1.46. The minimum atomic E-state index is 0.741. The van der Waals surface area contributed by atoms with E-state index in [1.54, 1.807) is 0 Å². The molecule has 0 saturated heterocycles. The molecule has 0 N–H and O–H groups in total. The van der Waals surface area contributed by atoms with Gasteiger partial charge < -0.3 is 9.69 Å². The van der Waals surface area contributed by atoms with Crippen LogP contribution in [0, 0.1) is 0 Å². The maximum Gasteiger partial charge on any atom is 0.119 e. The van der Waals surface area contributed by atoms with Crippen LogP contribution in [0.4, 0.5) is 0 Å². The Hall–Kier alpha value is -0.370. The maximum atomic E-state index is 10.0. The summed E-state index contributed by atoms with van der Waals surface area (Å²) in [7, 11) is 2.18. The van der Waals surface area contributed by atoms with Gasteiger partial charge in [-0.3, -0.25) is 0 Å². The SMILES string of the molecule is CCCN(C)CCCCCCC=O. The van der Waals surface area contributed by atoms with Crippen LogP contribution >= 0.6 is 0 Å². The average Bonchev–Trinajstić information content (AvgIpc) is 2.11. The van der Waals surface area contributed by atoms with Crippen LogP contribution < -0.4 is 0 Å². The second-order valence-corrected chi connectivity index (χ2v) is 3.67. The number of unbranched alkanes of at least 4 members (excludes halogenated alkanes) is 4. The highest BCUT2D eigenvalue weighted by Gasteiger charge is 1.95. The van der Waals surface area contributed by atoms with E-state index in [0.29, 0.717) is 0 Å². The van der Waals surface area contributed by atoms with Crippen molar-refractivity contribution in [3.8, 4) is 0 Å². The Morgan fingerprint density at radius 1 is 1.08 bits per heavy atom. The summed E-state index contributed by atoms with van der Waals surface area (Å²) < 4.78 is 0. The van der Waals surface area contributed by atoms with Crippen molar-refractivity contribution in [3.63, 3.8) is 0 Å². The van der Waals surface area contributed by atoms with Gasteiger partial charge in [0.1, 0.15) is 6.29 Å². The molecule has 13 heavy (non-hydrogen) atoms. The third-order valence-electron chi connectivity index (χ3n) is 2.22. The van der Waals surface area contributed by atoms with Crippen LogP contribution in [0.3, 0.4) is 0 Å². The van der Waals surface area contributed by atoms with Crippen LogP contribution in [-0.2, 0) is 4.79 Å². The number of carbonyl (C=O) groups is 1. The average molecular weight is 185 g/mol. The Kier molecular flexibility index (Phi) is 9.44. The number of aldehydes is 1. The first-order chi connectivity index (χ1) is 6.31. The van der Waals surface area contributed by atoms with Gasteiger partial charge in [-0.25, -0.2) is 0 Å². The van der Waals surface area contributed by atoms with Crippen molar-refractivity contribution < 1.29 is 4.79 Å². The van der Waals surface area contributed by atoms with Gasteiger partial charge in [-0.2, -0.15) is 0 Å². The van der Waals surface area contributed by atoms with E-state index in [1.807, 2.05) is 0 Å². The van der Waals surface area contributed by atoms with Gasteiger partial charge in [0, 0.05) is 6.42 Å². The molecule has 0 rings (SSSR count). The number of hydrogen-bond acceptors (Lipinski definition) is 2. The van der Waals surface area contributed by atoms with Gasteiger partial charge in [0.2, 0.25) is 0 Å². The number of rotatable bonds is 9. The molecule has 0 bridgehead atoms. The van der Waals surface area contributed by atoms with Crippen LogP contribution in [-0.4, -0.2) is 31.3 Å². The molecule has 0 fully saturated rings. The summed E-state index contributed by atoms with van der Waals surface area (Å²) in [6.45, 7) is 4.61. The molecule has 0 aromatic rings. The molecular formula is C11H23NO. The van der Waals surface area contributed by atoms with Gasteiger partial charge in [-0.15, -0.1) is 0 Å². The summed E-state index contributed by atoms with van der Waals surface area (Å²) in [5.41, 5.74) is 0. The minimum Gasteiger partial charge on any atom is -0.306 e. The standard InChI is InChI=1S/C11H23NO/c1-3-9-12(2)10-7-5-4-6-8-11-13/h11H,3-10H2,1-2H3. The molecule has 2 nitrogen and oxygen atoms in total. The molecular weight excluding hydrogens is 162 g/mol. The molecule has 0 spiro atoms. The molecule has 0 aromatic heterocycles. The van der Waals surface area contributed by atoms with Crippen molar-refractivity contribution in [1.82, 2.24) is 4.90 Å². The highest BCUT2D eigenvalue weighted by atomic mass is 16.1. The van der Waals surface area contributed by atoms with E-state index in [2.05, 4.69) is 18.9 Å². The lowest BCUT2D eigenvalue weighted by molar-refractivity contribution is -0.107. The lowest BCUT2D eigenvalue weighted by atomic mass is 10.1. The van der Waals surface area contributed by atoms with Crippen molar-refractivity contribution in [2.75, 3.05) is 20.1 Å². The van der Waals surface area contributed by atoms with Crippen molar-refractivity contribution in [2.45, 2.75) is 45.4 Å². The monoisotopic (exact) mass is 185 g/mol. The maximum absolute atomic E-state index is 10.0. The first-order valence-electron chi connectivity index (χ1n) is 5.43. The highest BCUT2D eigenvalue weighted by molar-refractivity contribution is 5.48. The molecule has 0 aliphatic rings. The quantitative estimate of drug-likeness (QED) is 0.406. The fourth-order valence-corrected chi connectivity index (χ4v) is 1.46. The van der Waals surface area contributed by atoms with E-state index in [0.717, 1.165) is 19.1 Å². The zero-order valence-electron chi connectivity index (χ0n) is 9.09. The van der Waals surface area contributed by atoms with Crippen molar-refractivity contribution in [1.29, 1.82) is 0 Å². The Balaban J connectivity index is 3.01. The molecule has 78 valence electrons. The molecule has 0 atom stereocenters. The van der Waals surface area contributed by atoms with Gasteiger partial charge in [0.05, 0.1) is 0 Å². The highest BCUT2D eigenvalue weighted by Crippen LogP contribution is 2.02. The van der Waals surface area contributed by atoms with Gasteiger partial charge >= 0.3 is 0 Å². The van der Waals surface area contributed by atoms with Crippen LogP contribution in [0.25, 0.3) is 0 Å². The first-order valence-corrected chi connectivity index (χ1v) is 5.43. The fraction of sp³-hybridized carbons (Fsp3) is 0.909. The molecule has 0 radical (unpaired) electrons. The normalized spacial score (nSPS) is 10.7. The summed E-state index contributed by atoms with van der Waals surface area (Å²) >= 11 is 0.